The van der Waals surface area contributed by atoms with Gasteiger partial charge in [0.05, 0.1) is 11.4 Å². The number of halogens is 1. The largest absolute Gasteiger partial charge is 0.356 e. The van der Waals surface area contributed by atoms with E-state index in [2.05, 4.69) is 61.6 Å². The summed E-state index contributed by atoms with van der Waals surface area (Å²) in [5.41, 5.74) is 7.51. The second kappa shape index (κ2) is 13.4. The van der Waals surface area contributed by atoms with Gasteiger partial charge in [0.2, 0.25) is 0 Å². The quantitative estimate of drug-likeness (QED) is 0.150. The molecule has 9 heteroatoms. The zero-order chi connectivity index (χ0) is 32.2. The first kappa shape index (κ1) is 32.2. The van der Waals surface area contributed by atoms with Crippen molar-refractivity contribution in [3.05, 3.63) is 136 Å². The van der Waals surface area contributed by atoms with Crippen LogP contribution in [0.5, 0.6) is 0 Å². The van der Waals surface area contributed by atoms with E-state index >= 15 is 0 Å². The predicted molar refractivity (Wildman–Crippen MR) is 178 cm³/mol. The van der Waals surface area contributed by atoms with Crippen LogP contribution in [0.2, 0.25) is 5.02 Å². The molecule has 1 atom stereocenters. The topological polar surface area (TPSA) is 110 Å². The highest BCUT2D eigenvalue weighted by Gasteiger charge is 2.22. The SMILES string of the molecule is CC(C)(C)c1ccc(C(Cc2ccc(C(=O)NCCS(=O)(=O)O)cc2)c2cc(-c3cccc(-c4ccc(Cl)cc4)c3)on2)cc1. The van der Waals surface area contributed by atoms with Gasteiger partial charge in [0.25, 0.3) is 16.0 Å². The maximum absolute atomic E-state index is 12.5. The summed E-state index contributed by atoms with van der Waals surface area (Å²) in [4.78, 5) is 12.5. The number of hydrogen-bond donors (Lipinski definition) is 2. The average Bonchev–Trinajstić information content (AvgIpc) is 3.50. The highest BCUT2D eigenvalue weighted by Crippen LogP contribution is 2.34. The first-order chi connectivity index (χ1) is 21.4. The Bertz CT molecular complexity index is 1880. The summed E-state index contributed by atoms with van der Waals surface area (Å²) in [6, 6.07) is 33.5. The molecule has 0 aliphatic rings. The van der Waals surface area contributed by atoms with Crippen LogP contribution in [0.15, 0.2) is 108 Å². The Balaban J connectivity index is 1.41. The summed E-state index contributed by atoms with van der Waals surface area (Å²) in [6.45, 7) is 6.37. The summed E-state index contributed by atoms with van der Waals surface area (Å²) in [5.74, 6) is -0.418. The molecule has 0 spiro atoms. The van der Waals surface area contributed by atoms with E-state index in [0.717, 1.165) is 33.5 Å². The normalized spacial score (nSPS) is 12.6. The lowest BCUT2D eigenvalue weighted by molar-refractivity contribution is 0.0956. The third kappa shape index (κ3) is 8.48. The van der Waals surface area contributed by atoms with Crippen molar-refractivity contribution in [1.82, 2.24) is 10.5 Å². The van der Waals surface area contributed by atoms with Crippen LogP contribution in [-0.2, 0) is 22.0 Å². The van der Waals surface area contributed by atoms with Crippen LogP contribution in [-0.4, -0.2) is 36.3 Å². The third-order valence-corrected chi connectivity index (χ3v) is 8.66. The Morgan fingerprint density at radius 2 is 1.56 bits per heavy atom. The minimum absolute atomic E-state index is 0.0158. The molecule has 7 nitrogen and oxygen atoms in total. The molecule has 0 saturated carbocycles. The summed E-state index contributed by atoms with van der Waals surface area (Å²) in [7, 11) is -4.15. The standard InChI is InChI=1S/C36H35ClN2O5S/c1-36(2,3)30-15-11-26(12-16-30)32(21-24-7-9-27(10-8-24)35(40)38-19-20-45(41,42)43)33-23-34(44-39-33)29-6-4-5-28(22-29)25-13-17-31(37)18-14-25/h4-18,22-23,32H,19-21H2,1-3H3,(H,38,40)(H,41,42,43). The van der Waals surface area contributed by atoms with E-state index in [1.54, 1.807) is 12.1 Å². The molecular formula is C36H35ClN2O5S. The highest BCUT2D eigenvalue weighted by molar-refractivity contribution is 7.85. The number of nitrogens with one attached hydrogen (secondary N) is 1. The lowest BCUT2D eigenvalue weighted by atomic mass is 9.83. The van der Waals surface area contributed by atoms with Gasteiger partial charge in [0.1, 0.15) is 0 Å². The van der Waals surface area contributed by atoms with Crippen LogP contribution in [0, 0.1) is 0 Å². The van der Waals surface area contributed by atoms with E-state index in [-0.39, 0.29) is 17.9 Å². The fourth-order valence-corrected chi connectivity index (χ4v) is 5.60. The van der Waals surface area contributed by atoms with Crippen molar-refractivity contribution in [2.45, 2.75) is 38.5 Å². The zero-order valence-corrected chi connectivity index (χ0v) is 26.9. The maximum Gasteiger partial charge on any atom is 0.266 e. The molecule has 0 saturated heterocycles. The van der Waals surface area contributed by atoms with Crippen LogP contribution < -0.4 is 5.32 Å². The van der Waals surface area contributed by atoms with Crippen LogP contribution in [0.1, 0.15) is 59.4 Å². The molecule has 1 aromatic heterocycles. The number of carbonyl (C=O) groups excluding carboxylic acids is 1. The minimum atomic E-state index is -4.15. The average molecular weight is 643 g/mol. The molecule has 1 unspecified atom stereocenters. The van der Waals surface area contributed by atoms with Gasteiger partial charge in [0, 0.05) is 34.7 Å². The fraction of sp³-hybridized carbons (Fsp3) is 0.222. The Hall–Kier alpha value is -4.24. The molecule has 1 heterocycles. The van der Waals surface area contributed by atoms with E-state index in [9.17, 15) is 13.2 Å². The van der Waals surface area contributed by atoms with Crippen molar-refractivity contribution < 1.29 is 22.3 Å². The third-order valence-electron chi connectivity index (χ3n) is 7.69. The van der Waals surface area contributed by atoms with Gasteiger partial charge in [-0.2, -0.15) is 8.42 Å². The maximum atomic E-state index is 12.5. The lowest BCUT2D eigenvalue weighted by Gasteiger charge is -2.21. The first-order valence-electron chi connectivity index (χ1n) is 14.6. The van der Waals surface area contributed by atoms with Crippen LogP contribution in [0.25, 0.3) is 22.5 Å². The van der Waals surface area contributed by atoms with Gasteiger partial charge in [-0.25, -0.2) is 0 Å². The Labute approximate surface area is 269 Å². The summed E-state index contributed by atoms with van der Waals surface area (Å²) < 4.78 is 36.7. The number of carbonyl (C=O) groups is 1. The minimum Gasteiger partial charge on any atom is -0.356 e. The van der Waals surface area contributed by atoms with Crippen LogP contribution in [0.4, 0.5) is 0 Å². The number of nitrogens with zero attached hydrogens (tertiary/aromatic N) is 1. The van der Waals surface area contributed by atoms with Crippen LogP contribution >= 0.6 is 11.6 Å². The Morgan fingerprint density at radius 3 is 2.20 bits per heavy atom. The van der Waals surface area contributed by atoms with E-state index in [0.29, 0.717) is 22.8 Å². The molecule has 5 rings (SSSR count). The van der Waals surface area contributed by atoms with Gasteiger partial charge in [-0.05, 0) is 70.0 Å². The molecule has 4 aromatic carbocycles. The molecule has 232 valence electrons. The fourth-order valence-electron chi connectivity index (χ4n) is 5.12. The van der Waals surface area contributed by atoms with Crippen molar-refractivity contribution in [2.24, 2.45) is 0 Å². The summed E-state index contributed by atoms with van der Waals surface area (Å²) in [6.07, 6.45) is 0.607. The summed E-state index contributed by atoms with van der Waals surface area (Å²) in [5, 5.41) is 7.72. The van der Waals surface area contributed by atoms with Crippen molar-refractivity contribution in [3.63, 3.8) is 0 Å². The molecule has 0 fully saturated rings. The molecule has 0 bridgehead atoms. The summed E-state index contributed by atoms with van der Waals surface area (Å²) >= 11 is 6.08. The van der Waals surface area contributed by atoms with Crippen molar-refractivity contribution in [1.29, 1.82) is 0 Å². The van der Waals surface area contributed by atoms with Gasteiger partial charge in [-0.1, -0.05) is 104 Å². The van der Waals surface area contributed by atoms with E-state index < -0.39 is 21.8 Å². The smallest absolute Gasteiger partial charge is 0.266 e. The van der Waals surface area contributed by atoms with Gasteiger partial charge < -0.3 is 9.84 Å². The molecular weight excluding hydrogens is 608 g/mol. The number of benzene rings is 4. The molecule has 0 aliphatic heterocycles. The second-order valence-electron chi connectivity index (χ2n) is 12.1. The van der Waals surface area contributed by atoms with E-state index in [4.69, 9.17) is 20.7 Å². The molecule has 0 radical (unpaired) electrons. The van der Waals surface area contributed by atoms with Crippen molar-refractivity contribution in [2.75, 3.05) is 12.3 Å². The zero-order valence-electron chi connectivity index (χ0n) is 25.3. The Kier molecular flexibility index (Phi) is 9.58. The van der Waals surface area contributed by atoms with Gasteiger partial charge >= 0.3 is 0 Å². The highest BCUT2D eigenvalue weighted by atomic mass is 35.5. The lowest BCUT2D eigenvalue weighted by Crippen LogP contribution is -2.28. The molecule has 2 N–H and O–H groups in total. The number of rotatable bonds is 10. The number of aromatic nitrogens is 1. The van der Waals surface area contributed by atoms with Crippen LogP contribution in [0.3, 0.4) is 0 Å². The van der Waals surface area contributed by atoms with E-state index in [1.165, 1.54) is 5.56 Å². The molecule has 5 aromatic rings. The predicted octanol–water partition coefficient (Wildman–Crippen LogP) is 7.95. The van der Waals surface area contributed by atoms with Crippen molar-refractivity contribution in [3.8, 4) is 22.5 Å². The second-order valence-corrected chi connectivity index (χ2v) is 14.1. The number of hydrogen-bond acceptors (Lipinski definition) is 5. The molecule has 45 heavy (non-hydrogen) atoms. The monoisotopic (exact) mass is 642 g/mol. The number of amides is 1. The Morgan fingerprint density at radius 1 is 0.889 bits per heavy atom. The molecule has 0 aliphatic carbocycles. The van der Waals surface area contributed by atoms with Gasteiger partial charge in [-0.3, -0.25) is 9.35 Å². The van der Waals surface area contributed by atoms with Gasteiger partial charge in [0.15, 0.2) is 5.76 Å². The first-order valence-corrected chi connectivity index (χ1v) is 16.6. The van der Waals surface area contributed by atoms with Gasteiger partial charge in [-0.15, -0.1) is 0 Å². The van der Waals surface area contributed by atoms with Crippen molar-refractivity contribution >= 4 is 27.6 Å². The van der Waals surface area contributed by atoms with E-state index in [1.807, 2.05) is 60.7 Å². The molecule has 1 amide bonds.